The lowest BCUT2D eigenvalue weighted by atomic mass is 10.2. The SMILES string of the molecule is CCCOc1cc(C)ccc1N[C@@H](C)C(=O)NC(=O)NCC. The van der Waals surface area contributed by atoms with Gasteiger partial charge in [0.25, 0.3) is 0 Å². The van der Waals surface area contributed by atoms with Crippen molar-refractivity contribution in [2.24, 2.45) is 0 Å². The summed E-state index contributed by atoms with van der Waals surface area (Å²) in [6, 6.07) is 4.68. The smallest absolute Gasteiger partial charge is 0.321 e. The summed E-state index contributed by atoms with van der Waals surface area (Å²) in [6.07, 6.45) is 0.903. The fraction of sp³-hybridized carbons (Fsp3) is 0.500. The number of aryl methyl sites for hydroxylation is 1. The molecule has 0 aromatic heterocycles. The predicted octanol–water partition coefficient (Wildman–Crippen LogP) is 2.43. The minimum absolute atomic E-state index is 0.395. The molecule has 1 aromatic rings. The number of nitrogens with one attached hydrogen (secondary N) is 3. The number of hydrogen-bond donors (Lipinski definition) is 3. The summed E-state index contributed by atoms with van der Waals surface area (Å²) in [6.45, 7) is 8.57. The van der Waals surface area contributed by atoms with Crippen molar-refractivity contribution in [1.29, 1.82) is 0 Å². The largest absolute Gasteiger partial charge is 0.491 e. The van der Waals surface area contributed by atoms with E-state index in [1.807, 2.05) is 32.0 Å². The highest BCUT2D eigenvalue weighted by molar-refractivity contribution is 5.98. The maximum atomic E-state index is 11.9. The molecule has 1 atom stereocenters. The van der Waals surface area contributed by atoms with Gasteiger partial charge >= 0.3 is 6.03 Å². The van der Waals surface area contributed by atoms with Crippen LogP contribution in [0.5, 0.6) is 5.75 Å². The first-order chi connectivity index (χ1) is 10.5. The van der Waals surface area contributed by atoms with Crippen molar-refractivity contribution in [2.75, 3.05) is 18.5 Å². The molecule has 1 aromatic carbocycles. The van der Waals surface area contributed by atoms with E-state index < -0.39 is 18.0 Å². The van der Waals surface area contributed by atoms with Crippen LogP contribution in [0.15, 0.2) is 18.2 Å². The lowest BCUT2D eigenvalue weighted by Gasteiger charge is -2.18. The molecule has 122 valence electrons. The van der Waals surface area contributed by atoms with E-state index in [1.54, 1.807) is 13.8 Å². The quantitative estimate of drug-likeness (QED) is 0.723. The lowest BCUT2D eigenvalue weighted by Crippen LogP contribution is -2.45. The molecule has 3 amide bonds. The van der Waals surface area contributed by atoms with Gasteiger partial charge in [0.15, 0.2) is 0 Å². The Bertz CT molecular complexity index is 517. The molecule has 3 N–H and O–H groups in total. The number of rotatable bonds is 7. The van der Waals surface area contributed by atoms with Crippen LogP contribution >= 0.6 is 0 Å². The first kappa shape index (κ1) is 17.8. The van der Waals surface area contributed by atoms with E-state index in [0.29, 0.717) is 18.9 Å². The molecule has 22 heavy (non-hydrogen) atoms. The standard InChI is InChI=1S/C16H25N3O3/c1-5-9-22-14-10-11(3)7-8-13(14)18-12(4)15(20)19-16(21)17-6-2/h7-8,10,12,18H,5-6,9H2,1-4H3,(H2,17,19,20,21)/t12-/m0/s1. The topological polar surface area (TPSA) is 79.5 Å². The number of benzene rings is 1. The van der Waals surface area contributed by atoms with Gasteiger partial charge in [0, 0.05) is 6.54 Å². The van der Waals surface area contributed by atoms with Crippen LogP contribution in [-0.4, -0.2) is 31.1 Å². The molecule has 0 radical (unpaired) electrons. The third-order valence-electron chi connectivity index (χ3n) is 2.94. The maximum absolute atomic E-state index is 11.9. The second kappa shape index (κ2) is 8.92. The molecule has 0 bridgehead atoms. The highest BCUT2D eigenvalue weighted by Gasteiger charge is 2.17. The number of urea groups is 1. The van der Waals surface area contributed by atoms with Crippen molar-refractivity contribution in [2.45, 2.75) is 40.2 Å². The minimum atomic E-state index is -0.561. The Morgan fingerprint density at radius 2 is 2.00 bits per heavy atom. The van der Waals surface area contributed by atoms with E-state index in [0.717, 1.165) is 17.7 Å². The first-order valence-electron chi connectivity index (χ1n) is 7.56. The van der Waals surface area contributed by atoms with Crippen molar-refractivity contribution in [3.63, 3.8) is 0 Å². The predicted molar refractivity (Wildman–Crippen MR) is 87.3 cm³/mol. The van der Waals surface area contributed by atoms with Crippen molar-refractivity contribution in [1.82, 2.24) is 10.6 Å². The fourth-order valence-electron chi connectivity index (χ4n) is 1.80. The van der Waals surface area contributed by atoms with E-state index in [9.17, 15) is 9.59 Å². The zero-order valence-electron chi connectivity index (χ0n) is 13.7. The summed E-state index contributed by atoms with van der Waals surface area (Å²) in [5, 5.41) is 7.88. The van der Waals surface area contributed by atoms with Gasteiger partial charge in [-0.25, -0.2) is 4.79 Å². The van der Waals surface area contributed by atoms with Gasteiger partial charge in [0.05, 0.1) is 12.3 Å². The average Bonchev–Trinajstić information content (AvgIpc) is 2.47. The maximum Gasteiger partial charge on any atom is 0.321 e. The van der Waals surface area contributed by atoms with E-state index in [-0.39, 0.29) is 0 Å². The van der Waals surface area contributed by atoms with Crippen LogP contribution in [0.4, 0.5) is 10.5 Å². The number of amides is 3. The minimum Gasteiger partial charge on any atom is -0.491 e. The molecule has 0 unspecified atom stereocenters. The molecule has 0 heterocycles. The summed E-state index contributed by atoms with van der Waals surface area (Å²) >= 11 is 0. The monoisotopic (exact) mass is 307 g/mol. The first-order valence-corrected chi connectivity index (χ1v) is 7.56. The Morgan fingerprint density at radius 1 is 1.27 bits per heavy atom. The molecular formula is C16H25N3O3. The van der Waals surface area contributed by atoms with Crippen molar-refractivity contribution in [3.8, 4) is 5.75 Å². The number of carbonyl (C=O) groups excluding carboxylic acids is 2. The van der Waals surface area contributed by atoms with Crippen LogP contribution < -0.4 is 20.7 Å². The molecule has 0 aliphatic rings. The summed E-state index contributed by atoms with van der Waals surface area (Å²) < 4.78 is 5.69. The van der Waals surface area contributed by atoms with E-state index in [4.69, 9.17) is 4.74 Å². The van der Waals surface area contributed by atoms with Gasteiger partial charge in [-0.15, -0.1) is 0 Å². The van der Waals surface area contributed by atoms with E-state index in [1.165, 1.54) is 0 Å². The molecular weight excluding hydrogens is 282 g/mol. The molecule has 0 saturated heterocycles. The molecule has 0 spiro atoms. The van der Waals surface area contributed by atoms with Gasteiger partial charge in [0.2, 0.25) is 5.91 Å². The lowest BCUT2D eigenvalue weighted by molar-refractivity contribution is -0.120. The van der Waals surface area contributed by atoms with Gasteiger partial charge in [-0.2, -0.15) is 0 Å². The molecule has 0 aliphatic carbocycles. The third kappa shape index (κ3) is 5.63. The Balaban J connectivity index is 2.72. The average molecular weight is 307 g/mol. The Hall–Kier alpha value is -2.24. The van der Waals surface area contributed by atoms with Crippen molar-refractivity contribution < 1.29 is 14.3 Å². The van der Waals surface area contributed by atoms with E-state index >= 15 is 0 Å². The number of anilines is 1. The highest BCUT2D eigenvalue weighted by atomic mass is 16.5. The van der Waals surface area contributed by atoms with Crippen LogP contribution in [0.25, 0.3) is 0 Å². The Labute approximate surface area is 131 Å². The number of carbonyl (C=O) groups is 2. The molecule has 6 heteroatoms. The van der Waals surface area contributed by atoms with Crippen molar-refractivity contribution >= 4 is 17.6 Å². The highest BCUT2D eigenvalue weighted by Crippen LogP contribution is 2.26. The molecule has 6 nitrogen and oxygen atoms in total. The van der Waals surface area contributed by atoms with Gasteiger partial charge in [-0.05, 0) is 44.9 Å². The van der Waals surface area contributed by atoms with Gasteiger partial charge in [-0.1, -0.05) is 13.0 Å². The number of imide groups is 1. The molecule has 0 fully saturated rings. The molecule has 1 rings (SSSR count). The summed E-state index contributed by atoms with van der Waals surface area (Å²) in [5.41, 5.74) is 1.81. The van der Waals surface area contributed by atoms with Crippen LogP contribution in [-0.2, 0) is 4.79 Å². The van der Waals surface area contributed by atoms with Crippen LogP contribution in [0.2, 0.25) is 0 Å². The van der Waals surface area contributed by atoms with Gasteiger partial charge in [-0.3, -0.25) is 10.1 Å². The number of hydrogen-bond acceptors (Lipinski definition) is 4. The van der Waals surface area contributed by atoms with Crippen LogP contribution in [0.1, 0.15) is 32.8 Å². The van der Waals surface area contributed by atoms with E-state index in [2.05, 4.69) is 16.0 Å². The second-order valence-corrected chi connectivity index (χ2v) is 5.06. The molecule has 0 saturated carbocycles. The Kier molecular flexibility index (Phi) is 7.22. The Morgan fingerprint density at radius 3 is 2.64 bits per heavy atom. The van der Waals surface area contributed by atoms with Crippen molar-refractivity contribution in [3.05, 3.63) is 23.8 Å². The zero-order valence-corrected chi connectivity index (χ0v) is 13.7. The summed E-state index contributed by atoms with van der Waals surface area (Å²) in [5.74, 6) is 0.312. The zero-order chi connectivity index (χ0) is 16.5. The van der Waals surface area contributed by atoms with Crippen LogP contribution in [0.3, 0.4) is 0 Å². The summed E-state index contributed by atoms with van der Waals surface area (Å²) in [7, 11) is 0. The molecule has 0 aliphatic heterocycles. The normalized spacial score (nSPS) is 11.5. The summed E-state index contributed by atoms with van der Waals surface area (Å²) in [4.78, 5) is 23.3. The second-order valence-electron chi connectivity index (χ2n) is 5.06. The van der Waals surface area contributed by atoms with Gasteiger partial charge in [0.1, 0.15) is 11.8 Å². The van der Waals surface area contributed by atoms with Crippen LogP contribution in [0, 0.1) is 6.92 Å². The number of ether oxygens (including phenoxy) is 1. The van der Waals surface area contributed by atoms with Gasteiger partial charge < -0.3 is 15.4 Å². The third-order valence-corrected chi connectivity index (χ3v) is 2.94. The fourth-order valence-corrected chi connectivity index (χ4v) is 1.80.